The number of nitrogens with one attached hydrogen (secondary N) is 1. The second-order valence-electron chi connectivity index (χ2n) is 8.59. The third-order valence-corrected chi connectivity index (χ3v) is 6.96. The molecule has 1 saturated carbocycles. The number of halogens is 2. The summed E-state index contributed by atoms with van der Waals surface area (Å²) in [7, 11) is 1.64. The zero-order valence-corrected chi connectivity index (χ0v) is 20.0. The Morgan fingerprint density at radius 3 is 2.38 bits per heavy atom. The summed E-state index contributed by atoms with van der Waals surface area (Å²) in [6.45, 7) is 2.05. The summed E-state index contributed by atoms with van der Waals surface area (Å²) in [5, 5.41) is 11.0. The minimum Gasteiger partial charge on any atom is -0.497 e. The summed E-state index contributed by atoms with van der Waals surface area (Å²) in [6.07, 6.45) is 6.87. The molecule has 7 heteroatoms. The van der Waals surface area contributed by atoms with E-state index in [1.165, 1.54) is 12.8 Å². The molecule has 1 fully saturated rings. The maximum Gasteiger partial charge on any atom is 0.268 e. The summed E-state index contributed by atoms with van der Waals surface area (Å²) in [5.41, 5.74) is 2.28. The van der Waals surface area contributed by atoms with E-state index < -0.39 is 0 Å². The normalized spacial score (nSPS) is 21.8. The van der Waals surface area contributed by atoms with E-state index in [-0.39, 0.29) is 23.9 Å². The predicted octanol–water partition coefficient (Wildman–Crippen LogP) is 6.39. The summed E-state index contributed by atoms with van der Waals surface area (Å²) in [5.74, 6) is 0.569. The number of hydrazone groups is 1. The monoisotopic (exact) mass is 473 g/mol. The molecule has 2 aromatic carbocycles. The van der Waals surface area contributed by atoms with E-state index >= 15 is 0 Å². The van der Waals surface area contributed by atoms with Crippen molar-refractivity contribution in [1.82, 2.24) is 5.32 Å². The topological polar surface area (TPSA) is 53.9 Å². The second-order valence-corrected chi connectivity index (χ2v) is 9.44. The van der Waals surface area contributed by atoms with Gasteiger partial charge in [-0.25, -0.2) is 0 Å². The van der Waals surface area contributed by atoms with Crippen LogP contribution in [-0.2, 0) is 4.79 Å². The van der Waals surface area contributed by atoms with Crippen molar-refractivity contribution in [3.05, 3.63) is 58.1 Å². The Balaban J connectivity index is 1.66. The molecule has 1 aliphatic carbocycles. The molecule has 0 bridgehead atoms. The molecule has 0 saturated heterocycles. The zero-order chi connectivity index (χ0) is 22.7. The number of methoxy groups -OCH3 is 1. The van der Waals surface area contributed by atoms with Crippen LogP contribution in [-0.4, -0.2) is 24.8 Å². The number of rotatable bonds is 5. The number of ether oxygens (including phenoxy) is 1. The van der Waals surface area contributed by atoms with Crippen molar-refractivity contribution in [2.24, 2.45) is 11.0 Å². The highest BCUT2D eigenvalue weighted by atomic mass is 35.5. The van der Waals surface area contributed by atoms with Gasteiger partial charge in [0, 0.05) is 17.0 Å². The van der Waals surface area contributed by atoms with Crippen molar-refractivity contribution in [2.45, 2.75) is 57.5 Å². The Morgan fingerprint density at radius 1 is 1.06 bits per heavy atom. The van der Waals surface area contributed by atoms with Crippen molar-refractivity contribution >= 4 is 40.5 Å². The van der Waals surface area contributed by atoms with Gasteiger partial charge in [0.05, 0.1) is 23.9 Å². The molecule has 32 heavy (non-hydrogen) atoms. The van der Waals surface area contributed by atoms with Gasteiger partial charge >= 0.3 is 0 Å². The van der Waals surface area contributed by atoms with E-state index in [1.807, 2.05) is 42.3 Å². The lowest BCUT2D eigenvalue weighted by molar-refractivity contribution is -0.115. The summed E-state index contributed by atoms with van der Waals surface area (Å²) >= 11 is 12.7. The smallest absolute Gasteiger partial charge is 0.268 e. The van der Waals surface area contributed by atoms with Gasteiger partial charge in [-0.1, -0.05) is 67.9 Å². The molecular weight excluding hydrogens is 445 g/mol. The van der Waals surface area contributed by atoms with Crippen molar-refractivity contribution < 1.29 is 9.53 Å². The lowest BCUT2D eigenvalue weighted by Crippen LogP contribution is -2.40. The maximum absolute atomic E-state index is 13.3. The van der Waals surface area contributed by atoms with Crippen molar-refractivity contribution in [3.63, 3.8) is 0 Å². The molecule has 2 aromatic rings. The largest absolute Gasteiger partial charge is 0.497 e. The van der Waals surface area contributed by atoms with Gasteiger partial charge in [0.25, 0.3) is 5.91 Å². The van der Waals surface area contributed by atoms with Gasteiger partial charge in [-0.05, 0) is 48.7 Å². The Morgan fingerprint density at radius 2 is 1.75 bits per heavy atom. The first-order chi connectivity index (χ1) is 15.5. The third-order valence-electron chi connectivity index (χ3n) is 6.42. The fourth-order valence-electron chi connectivity index (χ4n) is 4.67. The Bertz CT molecular complexity index is 985. The first kappa shape index (κ1) is 22.9. The van der Waals surface area contributed by atoms with Crippen molar-refractivity contribution in [2.75, 3.05) is 12.1 Å². The fourth-order valence-corrected chi connectivity index (χ4v) is 5.16. The molecule has 2 unspecified atom stereocenters. The van der Waals surface area contributed by atoms with Crippen molar-refractivity contribution in [3.8, 4) is 5.75 Å². The SMILES string of the molecule is COc1ccc(C2C(C)C(C(=O)NC3CCCCCC3)=NN2c2ccc(Cl)cc2Cl)cc1. The van der Waals surface area contributed by atoms with Gasteiger partial charge in [-0.2, -0.15) is 5.10 Å². The van der Waals surface area contributed by atoms with Crippen LogP contribution in [0.4, 0.5) is 5.69 Å². The number of hydrogen-bond acceptors (Lipinski definition) is 4. The molecule has 0 radical (unpaired) electrons. The first-order valence-electron chi connectivity index (χ1n) is 11.3. The summed E-state index contributed by atoms with van der Waals surface area (Å²) in [4.78, 5) is 13.3. The molecule has 4 rings (SSSR count). The van der Waals surface area contributed by atoms with Crippen LogP contribution in [0.5, 0.6) is 5.75 Å². The van der Waals surface area contributed by atoms with E-state index in [2.05, 4.69) is 5.32 Å². The third kappa shape index (κ3) is 4.89. The van der Waals surface area contributed by atoms with Crippen LogP contribution in [0.1, 0.15) is 57.1 Å². The number of anilines is 1. The predicted molar refractivity (Wildman–Crippen MR) is 131 cm³/mol. The number of amides is 1. The highest BCUT2D eigenvalue weighted by Crippen LogP contribution is 2.42. The lowest BCUT2D eigenvalue weighted by atomic mass is 9.90. The quantitative estimate of drug-likeness (QED) is 0.511. The Hall–Kier alpha value is -2.24. The molecule has 2 atom stereocenters. The van der Waals surface area contributed by atoms with Crippen LogP contribution >= 0.6 is 23.2 Å². The molecule has 1 amide bonds. The van der Waals surface area contributed by atoms with Crippen LogP contribution in [0.2, 0.25) is 10.0 Å². The highest BCUT2D eigenvalue weighted by Gasteiger charge is 2.40. The second kappa shape index (κ2) is 10.1. The molecule has 1 N–H and O–H groups in total. The molecule has 1 aliphatic heterocycles. The minimum atomic E-state index is -0.172. The number of carbonyl (C=O) groups excluding carboxylic acids is 1. The summed E-state index contributed by atoms with van der Waals surface area (Å²) < 4.78 is 5.31. The fraction of sp³-hybridized carbons (Fsp3) is 0.440. The standard InChI is InChI=1S/C25H29Cl2N3O2/c1-16-23(25(31)28-19-7-5-3-4-6-8-19)29-30(22-14-11-18(26)15-21(22)27)24(16)17-9-12-20(32-2)13-10-17/h9-16,19,24H,3-8H2,1-2H3,(H,28,31). The van der Waals surface area contributed by atoms with E-state index in [0.717, 1.165) is 42.7 Å². The number of nitrogens with zero attached hydrogens (tertiary/aromatic N) is 2. The lowest BCUT2D eigenvalue weighted by Gasteiger charge is -2.27. The Kier molecular flexibility index (Phi) is 7.27. The first-order valence-corrected chi connectivity index (χ1v) is 12.0. The van der Waals surface area contributed by atoms with Gasteiger partial charge in [-0.15, -0.1) is 0 Å². The highest BCUT2D eigenvalue weighted by molar-refractivity contribution is 6.41. The Labute approximate surface area is 199 Å². The average molecular weight is 474 g/mol. The number of carbonyl (C=O) groups is 1. The minimum absolute atomic E-state index is 0.0875. The number of hydrogen-bond donors (Lipinski definition) is 1. The van der Waals surface area contributed by atoms with Crippen LogP contribution in [0.3, 0.4) is 0 Å². The molecule has 170 valence electrons. The van der Waals surface area contributed by atoms with Gasteiger partial charge in [0.15, 0.2) is 0 Å². The molecular formula is C25H29Cl2N3O2. The maximum atomic E-state index is 13.3. The molecule has 5 nitrogen and oxygen atoms in total. The van der Waals surface area contributed by atoms with Gasteiger partial charge in [-0.3, -0.25) is 9.80 Å². The summed E-state index contributed by atoms with van der Waals surface area (Å²) in [6, 6.07) is 13.3. The van der Waals surface area contributed by atoms with Crippen LogP contribution < -0.4 is 15.1 Å². The van der Waals surface area contributed by atoms with E-state index in [0.29, 0.717) is 15.8 Å². The van der Waals surface area contributed by atoms with E-state index in [4.69, 9.17) is 33.0 Å². The molecule has 2 aliphatic rings. The average Bonchev–Trinajstić information content (AvgIpc) is 2.94. The van der Waals surface area contributed by atoms with Gasteiger partial charge < -0.3 is 10.1 Å². The van der Waals surface area contributed by atoms with Crippen LogP contribution in [0.25, 0.3) is 0 Å². The van der Waals surface area contributed by atoms with Crippen LogP contribution in [0.15, 0.2) is 47.6 Å². The number of benzene rings is 2. The molecule has 1 heterocycles. The van der Waals surface area contributed by atoms with E-state index in [1.54, 1.807) is 19.2 Å². The van der Waals surface area contributed by atoms with Gasteiger partial charge in [0.1, 0.15) is 11.5 Å². The molecule has 0 spiro atoms. The van der Waals surface area contributed by atoms with Crippen LogP contribution in [0, 0.1) is 5.92 Å². The van der Waals surface area contributed by atoms with Gasteiger partial charge in [0.2, 0.25) is 0 Å². The van der Waals surface area contributed by atoms with E-state index in [9.17, 15) is 4.79 Å². The van der Waals surface area contributed by atoms with Crippen molar-refractivity contribution in [1.29, 1.82) is 0 Å². The zero-order valence-electron chi connectivity index (χ0n) is 18.5. The molecule has 0 aromatic heterocycles.